The maximum absolute atomic E-state index is 13.5. The Labute approximate surface area is 186 Å². The van der Waals surface area contributed by atoms with Crippen LogP contribution >= 0.6 is 0 Å². The Morgan fingerprint density at radius 2 is 1.71 bits per heavy atom. The van der Waals surface area contributed by atoms with Gasteiger partial charge in [-0.25, -0.2) is 8.42 Å². The van der Waals surface area contributed by atoms with E-state index >= 15 is 0 Å². The van der Waals surface area contributed by atoms with Crippen molar-refractivity contribution in [2.24, 2.45) is 0 Å². The number of nitrogens with zero attached hydrogens (tertiary/aromatic N) is 1. The zero-order valence-corrected chi connectivity index (χ0v) is 19.9. The summed E-state index contributed by atoms with van der Waals surface area (Å²) in [5, 5.41) is 0. The highest BCUT2D eigenvalue weighted by Gasteiger charge is 2.36. The largest absolute Gasteiger partial charge is 0.481 e. The highest BCUT2D eigenvalue weighted by Crippen LogP contribution is 2.29. The van der Waals surface area contributed by atoms with Crippen molar-refractivity contribution in [1.29, 1.82) is 0 Å². The van der Waals surface area contributed by atoms with Crippen LogP contribution in [0.4, 0.5) is 0 Å². The maximum Gasteiger partial charge on any atom is 0.263 e. The lowest BCUT2D eigenvalue weighted by atomic mass is 10.0. The summed E-state index contributed by atoms with van der Waals surface area (Å²) in [6.45, 7) is 10.3. The molecule has 168 valence electrons. The second kappa shape index (κ2) is 9.43. The van der Waals surface area contributed by atoms with Gasteiger partial charge in [-0.05, 0) is 55.9 Å². The van der Waals surface area contributed by atoms with Crippen molar-refractivity contribution in [3.8, 4) is 5.75 Å². The van der Waals surface area contributed by atoms with E-state index in [-0.39, 0.29) is 29.4 Å². The van der Waals surface area contributed by atoms with E-state index in [0.717, 1.165) is 22.3 Å². The van der Waals surface area contributed by atoms with Crippen molar-refractivity contribution in [2.75, 3.05) is 11.5 Å². The van der Waals surface area contributed by atoms with Gasteiger partial charge in [0.2, 0.25) is 0 Å². The number of sulfone groups is 1. The monoisotopic (exact) mass is 443 g/mol. The molecule has 6 heteroatoms. The van der Waals surface area contributed by atoms with Crippen molar-refractivity contribution < 1.29 is 17.9 Å². The van der Waals surface area contributed by atoms with E-state index in [1.807, 2.05) is 56.3 Å². The van der Waals surface area contributed by atoms with Crippen LogP contribution in [0.25, 0.3) is 0 Å². The number of amides is 1. The zero-order chi connectivity index (χ0) is 22.8. The van der Waals surface area contributed by atoms with Crippen molar-refractivity contribution in [3.05, 3.63) is 64.7 Å². The van der Waals surface area contributed by atoms with Crippen LogP contribution in [0.1, 0.15) is 55.4 Å². The lowest BCUT2D eigenvalue weighted by molar-refractivity contribution is -0.140. The summed E-state index contributed by atoms with van der Waals surface area (Å²) >= 11 is 0. The van der Waals surface area contributed by atoms with Gasteiger partial charge in [0.1, 0.15) is 5.75 Å². The molecule has 0 saturated carbocycles. The molecule has 31 heavy (non-hydrogen) atoms. The minimum Gasteiger partial charge on any atom is -0.481 e. The Morgan fingerprint density at radius 3 is 2.29 bits per heavy atom. The molecule has 1 aliphatic heterocycles. The first kappa shape index (κ1) is 23.3. The van der Waals surface area contributed by atoms with Crippen molar-refractivity contribution >= 4 is 15.7 Å². The van der Waals surface area contributed by atoms with Gasteiger partial charge in [-0.3, -0.25) is 4.79 Å². The molecule has 3 rings (SSSR count). The van der Waals surface area contributed by atoms with Crippen molar-refractivity contribution in [2.45, 2.75) is 65.6 Å². The molecule has 1 amide bonds. The summed E-state index contributed by atoms with van der Waals surface area (Å²) in [5.74, 6) is 0.935. The van der Waals surface area contributed by atoms with E-state index in [1.165, 1.54) is 0 Å². The van der Waals surface area contributed by atoms with Crippen LogP contribution < -0.4 is 4.74 Å². The number of aryl methyl sites for hydroxylation is 2. The van der Waals surface area contributed by atoms with Gasteiger partial charge in [-0.15, -0.1) is 0 Å². The highest BCUT2D eigenvalue weighted by molar-refractivity contribution is 7.91. The van der Waals surface area contributed by atoms with E-state index in [9.17, 15) is 13.2 Å². The van der Waals surface area contributed by atoms with Crippen LogP contribution in [0.2, 0.25) is 0 Å². The molecule has 0 aromatic heterocycles. The minimum absolute atomic E-state index is 0.0129. The van der Waals surface area contributed by atoms with Crippen LogP contribution in [-0.4, -0.2) is 42.9 Å². The topological polar surface area (TPSA) is 63.7 Å². The lowest BCUT2D eigenvalue weighted by Crippen LogP contribution is -2.46. The SMILES string of the molecule is Cc1ccc(CN(C(=O)C(C)Oc2cc(C)ccc2C(C)C)C2CCS(=O)(=O)C2)cc1. The minimum atomic E-state index is -3.12. The van der Waals surface area contributed by atoms with E-state index in [1.54, 1.807) is 11.8 Å². The van der Waals surface area contributed by atoms with Gasteiger partial charge in [0, 0.05) is 12.6 Å². The summed E-state index contributed by atoms with van der Waals surface area (Å²) in [6, 6.07) is 13.7. The Kier molecular flexibility index (Phi) is 7.10. The molecule has 2 atom stereocenters. The molecule has 0 spiro atoms. The zero-order valence-electron chi connectivity index (χ0n) is 19.1. The Hall–Kier alpha value is -2.34. The number of ether oxygens (including phenoxy) is 1. The molecule has 2 unspecified atom stereocenters. The second-order valence-electron chi connectivity index (χ2n) is 8.96. The Balaban J connectivity index is 1.85. The predicted octanol–water partition coefficient (Wildman–Crippen LogP) is 4.41. The standard InChI is InChI=1S/C25H33NO4S/c1-17(2)23-11-8-19(4)14-24(23)30-20(5)25(27)26(22-12-13-31(28,29)16-22)15-21-9-6-18(3)7-10-21/h6-11,14,17,20,22H,12-13,15-16H2,1-5H3. The molecule has 2 aromatic rings. The van der Waals surface area contributed by atoms with Gasteiger partial charge >= 0.3 is 0 Å². The van der Waals surface area contributed by atoms with Gasteiger partial charge in [-0.1, -0.05) is 55.8 Å². The van der Waals surface area contributed by atoms with Gasteiger partial charge in [0.15, 0.2) is 15.9 Å². The fraction of sp³-hybridized carbons (Fsp3) is 0.480. The summed E-state index contributed by atoms with van der Waals surface area (Å²) in [5.41, 5.74) is 4.24. The molecular formula is C25H33NO4S. The number of carbonyl (C=O) groups excluding carboxylic acids is 1. The summed E-state index contributed by atoms with van der Waals surface area (Å²) in [7, 11) is -3.12. The van der Waals surface area contributed by atoms with Crippen molar-refractivity contribution in [1.82, 2.24) is 4.90 Å². The molecule has 1 aliphatic rings. The number of hydrogen-bond donors (Lipinski definition) is 0. The molecule has 0 aliphatic carbocycles. The quantitative estimate of drug-likeness (QED) is 0.636. The number of rotatable bonds is 7. The summed E-state index contributed by atoms with van der Waals surface area (Å²) in [4.78, 5) is 15.2. The molecular weight excluding hydrogens is 410 g/mol. The third kappa shape index (κ3) is 5.88. The van der Waals surface area contributed by atoms with Crippen LogP contribution in [0.5, 0.6) is 5.75 Å². The molecule has 0 bridgehead atoms. The smallest absolute Gasteiger partial charge is 0.263 e. The first-order valence-corrected chi connectivity index (χ1v) is 12.7. The second-order valence-corrected chi connectivity index (χ2v) is 11.2. The summed E-state index contributed by atoms with van der Waals surface area (Å²) < 4.78 is 30.4. The molecule has 2 aromatic carbocycles. The van der Waals surface area contributed by atoms with Crippen molar-refractivity contribution in [3.63, 3.8) is 0 Å². The third-order valence-corrected chi connectivity index (χ3v) is 7.60. The molecule has 1 heterocycles. The molecule has 5 nitrogen and oxygen atoms in total. The predicted molar refractivity (Wildman–Crippen MR) is 124 cm³/mol. The normalized spacial score (nSPS) is 18.7. The molecule has 0 N–H and O–H groups in total. The van der Waals surface area contributed by atoms with Crippen LogP contribution in [-0.2, 0) is 21.2 Å². The third-order valence-electron chi connectivity index (χ3n) is 5.85. The number of hydrogen-bond acceptors (Lipinski definition) is 4. The van der Waals surface area contributed by atoms with E-state index in [2.05, 4.69) is 13.8 Å². The number of carbonyl (C=O) groups is 1. The number of benzene rings is 2. The van der Waals surface area contributed by atoms with E-state index in [0.29, 0.717) is 18.7 Å². The first-order valence-electron chi connectivity index (χ1n) is 10.9. The first-order chi connectivity index (χ1) is 14.6. The van der Waals surface area contributed by atoms with Gasteiger partial charge in [0.25, 0.3) is 5.91 Å². The Morgan fingerprint density at radius 1 is 1.06 bits per heavy atom. The van der Waals surface area contributed by atoms with Gasteiger partial charge in [-0.2, -0.15) is 0 Å². The van der Waals surface area contributed by atoms with Crippen LogP contribution in [0.15, 0.2) is 42.5 Å². The summed E-state index contributed by atoms with van der Waals surface area (Å²) in [6.07, 6.45) is -0.248. The Bertz CT molecular complexity index is 1030. The van der Waals surface area contributed by atoms with Crippen LogP contribution in [0, 0.1) is 13.8 Å². The fourth-order valence-electron chi connectivity index (χ4n) is 3.99. The molecule has 0 radical (unpaired) electrons. The van der Waals surface area contributed by atoms with Crippen LogP contribution in [0.3, 0.4) is 0 Å². The fourth-order valence-corrected chi connectivity index (χ4v) is 5.72. The van der Waals surface area contributed by atoms with Gasteiger partial charge in [0.05, 0.1) is 11.5 Å². The lowest BCUT2D eigenvalue weighted by Gasteiger charge is -2.31. The maximum atomic E-state index is 13.5. The van der Waals surface area contributed by atoms with Gasteiger partial charge < -0.3 is 9.64 Å². The average Bonchev–Trinajstić information content (AvgIpc) is 3.06. The average molecular weight is 444 g/mol. The molecule has 1 fully saturated rings. The van der Waals surface area contributed by atoms with E-state index < -0.39 is 15.9 Å². The van der Waals surface area contributed by atoms with E-state index in [4.69, 9.17) is 4.74 Å². The highest BCUT2D eigenvalue weighted by atomic mass is 32.2. The molecule has 1 saturated heterocycles.